The lowest BCUT2D eigenvalue weighted by molar-refractivity contribution is -0.153. The summed E-state index contributed by atoms with van der Waals surface area (Å²) in [7, 11) is 0. The molecule has 122 valence electrons. The first kappa shape index (κ1) is 17.9. The van der Waals surface area contributed by atoms with Gasteiger partial charge in [0.05, 0.1) is 6.61 Å². The molecule has 1 N–H and O–H groups in total. The van der Waals surface area contributed by atoms with Crippen molar-refractivity contribution in [3.05, 3.63) is 0 Å². The van der Waals surface area contributed by atoms with E-state index in [1.165, 1.54) is 0 Å². The number of aliphatic hydroxyl groups excluding tert-OH is 1. The van der Waals surface area contributed by atoms with E-state index in [9.17, 15) is 9.59 Å². The third-order valence-electron chi connectivity index (χ3n) is 3.82. The first-order chi connectivity index (χ1) is 10.1. The minimum Gasteiger partial charge on any atom is -0.395 e. The van der Waals surface area contributed by atoms with Crippen LogP contribution in [0.2, 0.25) is 0 Å². The normalized spacial score (nSPS) is 16.0. The molecule has 6 nitrogen and oxygen atoms in total. The molecule has 1 aliphatic heterocycles. The largest absolute Gasteiger partial charge is 0.395 e. The van der Waals surface area contributed by atoms with Gasteiger partial charge in [-0.25, -0.2) is 0 Å². The average Bonchev–Trinajstić information content (AvgIpc) is 2.51. The van der Waals surface area contributed by atoms with Gasteiger partial charge in [0, 0.05) is 45.8 Å². The molecule has 6 heteroatoms. The van der Waals surface area contributed by atoms with Gasteiger partial charge in [-0.05, 0) is 12.8 Å². The summed E-state index contributed by atoms with van der Waals surface area (Å²) in [4.78, 5) is 30.1. The monoisotopic (exact) mass is 299 g/mol. The van der Waals surface area contributed by atoms with E-state index < -0.39 is 0 Å². The Balaban J connectivity index is 2.50. The SMILES string of the molecule is CCCCN(CCC)C(=O)C(=O)N1CCN(CCO)CC1. The van der Waals surface area contributed by atoms with Gasteiger partial charge in [-0.2, -0.15) is 0 Å². The number of carbonyl (C=O) groups excluding carboxylic acids is 2. The van der Waals surface area contributed by atoms with Gasteiger partial charge in [-0.1, -0.05) is 20.3 Å². The van der Waals surface area contributed by atoms with Crippen molar-refractivity contribution in [2.75, 3.05) is 52.4 Å². The van der Waals surface area contributed by atoms with Gasteiger partial charge < -0.3 is 14.9 Å². The van der Waals surface area contributed by atoms with Crippen molar-refractivity contribution >= 4 is 11.8 Å². The first-order valence-electron chi connectivity index (χ1n) is 8.05. The molecule has 0 bridgehead atoms. The quantitative estimate of drug-likeness (QED) is 0.680. The van der Waals surface area contributed by atoms with Crippen LogP contribution in [0.4, 0.5) is 0 Å². The standard InChI is InChI=1S/C15H29N3O3/c1-3-5-7-17(6-4-2)14(20)15(21)18-10-8-16(9-11-18)12-13-19/h19H,3-13H2,1-2H3. The van der Waals surface area contributed by atoms with Crippen LogP contribution in [0, 0.1) is 0 Å². The highest BCUT2D eigenvalue weighted by atomic mass is 16.3. The van der Waals surface area contributed by atoms with Gasteiger partial charge in [0.1, 0.15) is 0 Å². The Kier molecular flexibility index (Phi) is 8.30. The predicted octanol–water partition coefficient (Wildman–Crippen LogP) is 0.162. The fraction of sp³-hybridized carbons (Fsp3) is 0.867. The number of carbonyl (C=O) groups is 2. The van der Waals surface area contributed by atoms with Crippen LogP contribution >= 0.6 is 0 Å². The third-order valence-corrected chi connectivity index (χ3v) is 3.82. The zero-order valence-electron chi connectivity index (χ0n) is 13.4. The van der Waals surface area contributed by atoms with Gasteiger partial charge in [-0.3, -0.25) is 14.5 Å². The number of unbranched alkanes of at least 4 members (excludes halogenated alkanes) is 1. The zero-order chi connectivity index (χ0) is 15.7. The van der Waals surface area contributed by atoms with Gasteiger partial charge in [0.2, 0.25) is 0 Å². The number of β-amino-alcohol motifs (C(OH)–C–C–N with tert-alkyl or cyclic N) is 1. The number of rotatable bonds is 7. The zero-order valence-corrected chi connectivity index (χ0v) is 13.4. The second kappa shape index (κ2) is 9.73. The number of hydrogen-bond donors (Lipinski definition) is 1. The number of piperazine rings is 1. The van der Waals surface area contributed by atoms with E-state index >= 15 is 0 Å². The lowest BCUT2D eigenvalue weighted by atomic mass is 10.2. The van der Waals surface area contributed by atoms with Crippen molar-refractivity contribution in [1.29, 1.82) is 0 Å². The van der Waals surface area contributed by atoms with Crippen LogP contribution in [0.15, 0.2) is 0 Å². The van der Waals surface area contributed by atoms with Crippen LogP contribution in [0.1, 0.15) is 33.1 Å². The number of amides is 2. The van der Waals surface area contributed by atoms with Crippen molar-refractivity contribution in [2.45, 2.75) is 33.1 Å². The Labute approximate surface area is 127 Å². The highest BCUT2D eigenvalue weighted by Gasteiger charge is 2.28. The maximum atomic E-state index is 12.3. The third kappa shape index (κ3) is 5.63. The van der Waals surface area contributed by atoms with Gasteiger partial charge in [0.15, 0.2) is 0 Å². The van der Waals surface area contributed by atoms with Crippen LogP contribution in [0.5, 0.6) is 0 Å². The highest BCUT2D eigenvalue weighted by Crippen LogP contribution is 2.05. The molecular weight excluding hydrogens is 270 g/mol. The number of hydrogen-bond acceptors (Lipinski definition) is 4. The first-order valence-corrected chi connectivity index (χ1v) is 8.05. The summed E-state index contributed by atoms with van der Waals surface area (Å²) in [5.41, 5.74) is 0. The Hall–Kier alpha value is -1.14. The fourth-order valence-corrected chi connectivity index (χ4v) is 2.52. The highest BCUT2D eigenvalue weighted by molar-refractivity contribution is 6.34. The van der Waals surface area contributed by atoms with E-state index in [0.29, 0.717) is 32.7 Å². The minimum absolute atomic E-state index is 0.133. The fourth-order valence-electron chi connectivity index (χ4n) is 2.52. The molecule has 0 unspecified atom stereocenters. The average molecular weight is 299 g/mol. The van der Waals surface area contributed by atoms with Gasteiger partial charge in [0.25, 0.3) is 0 Å². The molecule has 2 amide bonds. The van der Waals surface area contributed by atoms with Gasteiger partial charge >= 0.3 is 11.8 Å². The molecule has 0 atom stereocenters. The number of nitrogens with zero attached hydrogens (tertiary/aromatic N) is 3. The molecule has 1 aliphatic rings. The van der Waals surface area contributed by atoms with Crippen molar-refractivity contribution in [2.24, 2.45) is 0 Å². The molecule has 0 aromatic carbocycles. The van der Waals surface area contributed by atoms with Crippen LogP contribution in [0.25, 0.3) is 0 Å². The molecule has 0 spiro atoms. The lowest BCUT2D eigenvalue weighted by Crippen LogP contribution is -2.53. The van der Waals surface area contributed by atoms with Crippen LogP contribution in [0.3, 0.4) is 0 Å². The summed E-state index contributed by atoms with van der Waals surface area (Å²) >= 11 is 0. The summed E-state index contributed by atoms with van der Waals surface area (Å²) in [6.45, 7) is 8.76. The van der Waals surface area contributed by atoms with Crippen molar-refractivity contribution in [3.63, 3.8) is 0 Å². The molecule has 0 aromatic heterocycles. The molecule has 0 aliphatic carbocycles. The van der Waals surface area contributed by atoms with E-state index in [1.54, 1.807) is 9.80 Å². The van der Waals surface area contributed by atoms with Crippen molar-refractivity contribution in [3.8, 4) is 0 Å². The summed E-state index contributed by atoms with van der Waals surface area (Å²) in [6, 6.07) is 0. The van der Waals surface area contributed by atoms with E-state index in [1.807, 2.05) is 6.92 Å². The second-order valence-electron chi connectivity index (χ2n) is 5.50. The molecule has 0 aromatic rings. The Bertz CT molecular complexity index is 328. The molecule has 1 rings (SSSR count). The number of aliphatic hydroxyl groups is 1. The smallest absolute Gasteiger partial charge is 0.312 e. The minimum atomic E-state index is -0.372. The summed E-state index contributed by atoms with van der Waals surface area (Å²) in [6.07, 6.45) is 2.82. The van der Waals surface area contributed by atoms with Crippen LogP contribution < -0.4 is 0 Å². The molecular formula is C15H29N3O3. The lowest BCUT2D eigenvalue weighted by Gasteiger charge is -2.35. The molecule has 0 radical (unpaired) electrons. The Morgan fingerprint density at radius 1 is 1.05 bits per heavy atom. The van der Waals surface area contributed by atoms with E-state index in [-0.39, 0.29) is 18.4 Å². The Morgan fingerprint density at radius 2 is 1.71 bits per heavy atom. The van der Waals surface area contributed by atoms with Gasteiger partial charge in [-0.15, -0.1) is 0 Å². The van der Waals surface area contributed by atoms with Crippen molar-refractivity contribution in [1.82, 2.24) is 14.7 Å². The predicted molar refractivity (Wildman–Crippen MR) is 81.9 cm³/mol. The molecule has 21 heavy (non-hydrogen) atoms. The molecule has 1 saturated heterocycles. The molecule has 1 fully saturated rings. The van der Waals surface area contributed by atoms with Crippen molar-refractivity contribution < 1.29 is 14.7 Å². The maximum Gasteiger partial charge on any atom is 0.312 e. The topological polar surface area (TPSA) is 64.1 Å². The van der Waals surface area contributed by atoms with Crippen LogP contribution in [-0.4, -0.2) is 84.0 Å². The summed E-state index contributed by atoms with van der Waals surface area (Å²) in [5.74, 6) is -0.732. The van der Waals surface area contributed by atoms with E-state index in [0.717, 1.165) is 32.4 Å². The maximum absolute atomic E-state index is 12.3. The van der Waals surface area contributed by atoms with E-state index in [4.69, 9.17) is 5.11 Å². The molecule has 1 heterocycles. The van der Waals surface area contributed by atoms with Crippen LogP contribution in [-0.2, 0) is 9.59 Å². The summed E-state index contributed by atoms with van der Waals surface area (Å²) in [5, 5.41) is 8.91. The second-order valence-corrected chi connectivity index (χ2v) is 5.50. The summed E-state index contributed by atoms with van der Waals surface area (Å²) < 4.78 is 0. The molecule has 0 saturated carbocycles. The Morgan fingerprint density at radius 3 is 2.24 bits per heavy atom. The van der Waals surface area contributed by atoms with E-state index in [2.05, 4.69) is 11.8 Å².